The summed E-state index contributed by atoms with van der Waals surface area (Å²) < 4.78 is 2.26. The van der Waals surface area contributed by atoms with Gasteiger partial charge >= 0.3 is 0 Å². The molecule has 156 valence electrons. The van der Waals surface area contributed by atoms with E-state index in [1.807, 2.05) is 6.07 Å². The van der Waals surface area contributed by atoms with Crippen molar-refractivity contribution >= 4 is 34.4 Å². The van der Waals surface area contributed by atoms with Crippen molar-refractivity contribution in [3.63, 3.8) is 0 Å². The van der Waals surface area contributed by atoms with E-state index in [2.05, 4.69) is 87.2 Å². The number of hydrogen-bond acceptors (Lipinski definition) is 7. The fourth-order valence-electron chi connectivity index (χ4n) is 3.38. The topological polar surface area (TPSA) is 46.8 Å². The van der Waals surface area contributed by atoms with Crippen LogP contribution in [0, 0.1) is 0 Å². The summed E-state index contributed by atoms with van der Waals surface area (Å²) in [5.41, 5.74) is 3.54. The predicted octanol–water partition coefficient (Wildman–Crippen LogP) is 5.82. The Hall–Kier alpha value is -2.00. The van der Waals surface area contributed by atoms with E-state index in [1.54, 1.807) is 34.4 Å². The highest BCUT2D eigenvalue weighted by atomic mass is 32.2. The molecule has 0 unspecified atom stereocenters. The number of nitrogens with zero attached hydrogens (tertiary/aromatic N) is 5. The van der Waals surface area contributed by atoms with E-state index in [1.165, 1.54) is 11.1 Å². The Morgan fingerprint density at radius 2 is 1.93 bits per heavy atom. The fraction of sp³-hybridized carbons (Fsp3) is 0.318. The van der Waals surface area contributed by atoms with Gasteiger partial charge in [-0.2, -0.15) is 11.3 Å². The molecule has 0 bridgehead atoms. The first-order chi connectivity index (χ1) is 14.7. The Bertz CT molecular complexity index is 1050. The monoisotopic (exact) mass is 455 g/mol. The number of thioether (sulfide) groups is 1. The van der Waals surface area contributed by atoms with Gasteiger partial charge in [0.25, 0.3) is 0 Å². The third-order valence-corrected chi connectivity index (χ3v) is 7.53. The highest BCUT2D eigenvalue weighted by molar-refractivity contribution is 7.98. The minimum Gasteiger partial charge on any atom is -0.300 e. The van der Waals surface area contributed by atoms with Crippen LogP contribution in [0.4, 0.5) is 0 Å². The molecule has 0 saturated heterocycles. The summed E-state index contributed by atoms with van der Waals surface area (Å²) in [7, 11) is 4.20. The molecule has 30 heavy (non-hydrogen) atoms. The van der Waals surface area contributed by atoms with Crippen LogP contribution in [0.1, 0.15) is 36.5 Å². The molecule has 0 fully saturated rings. The van der Waals surface area contributed by atoms with Crippen molar-refractivity contribution in [2.24, 2.45) is 0 Å². The van der Waals surface area contributed by atoms with Gasteiger partial charge in [0.2, 0.25) is 0 Å². The van der Waals surface area contributed by atoms with E-state index < -0.39 is 0 Å². The zero-order valence-electron chi connectivity index (χ0n) is 17.4. The molecule has 0 spiro atoms. The molecule has 4 rings (SSSR count). The molecule has 4 aromatic rings. The molecule has 1 aromatic carbocycles. The first-order valence-electron chi connectivity index (χ1n) is 9.89. The minimum atomic E-state index is 0.236. The van der Waals surface area contributed by atoms with Crippen molar-refractivity contribution in [3.8, 4) is 10.6 Å². The lowest BCUT2D eigenvalue weighted by atomic mass is 10.2. The lowest BCUT2D eigenvalue weighted by Gasteiger charge is -2.23. The van der Waals surface area contributed by atoms with Crippen molar-refractivity contribution < 1.29 is 0 Å². The lowest BCUT2D eigenvalue weighted by Crippen LogP contribution is -2.23. The number of thiazole rings is 1. The average molecular weight is 456 g/mol. The average Bonchev–Trinajstić information content (AvgIpc) is 3.49. The van der Waals surface area contributed by atoms with E-state index >= 15 is 0 Å². The second-order valence-electron chi connectivity index (χ2n) is 7.24. The maximum atomic E-state index is 4.81. The van der Waals surface area contributed by atoms with Gasteiger partial charge in [-0.25, -0.2) is 4.98 Å². The summed E-state index contributed by atoms with van der Waals surface area (Å²) in [4.78, 5) is 7.02. The van der Waals surface area contributed by atoms with Crippen LogP contribution >= 0.6 is 34.4 Å². The molecule has 3 aromatic heterocycles. The highest BCUT2D eigenvalue weighted by Crippen LogP contribution is 2.30. The van der Waals surface area contributed by atoms with E-state index in [9.17, 15) is 0 Å². The molecule has 0 amide bonds. The molecule has 0 saturated carbocycles. The largest absolute Gasteiger partial charge is 0.300 e. The maximum absolute atomic E-state index is 4.81. The fourth-order valence-corrected chi connectivity index (χ4v) is 5.85. The molecule has 0 radical (unpaired) electrons. The Balaban J connectivity index is 1.57. The molecule has 0 aliphatic rings. The molecule has 8 heteroatoms. The standard InChI is InChI=1S/C22H25N5S3/c1-4-19(26(2)3)20-24-25-22(27(20)12-16-8-6-5-7-9-16)30-15-18-14-29-21(23-18)17-10-11-28-13-17/h5-11,13-14,19H,4,12,15H2,1-3H3/t19-/m0/s1. The Morgan fingerprint density at radius 1 is 1.10 bits per heavy atom. The zero-order chi connectivity index (χ0) is 20.9. The van der Waals surface area contributed by atoms with Gasteiger partial charge in [0, 0.05) is 22.1 Å². The van der Waals surface area contributed by atoms with Crippen LogP contribution in [0.5, 0.6) is 0 Å². The molecular weight excluding hydrogens is 430 g/mol. The Labute approximate surface area is 189 Å². The van der Waals surface area contributed by atoms with Crippen molar-refractivity contribution in [2.45, 2.75) is 36.8 Å². The van der Waals surface area contributed by atoms with Crippen LogP contribution < -0.4 is 0 Å². The van der Waals surface area contributed by atoms with Gasteiger partial charge in [-0.15, -0.1) is 21.5 Å². The van der Waals surface area contributed by atoms with Gasteiger partial charge in [0.05, 0.1) is 18.3 Å². The van der Waals surface area contributed by atoms with Crippen LogP contribution in [0.3, 0.4) is 0 Å². The van der Waals surface area contributed by atoms with E-state index in [0.29, 0.717) is 0 Å². The predicted molar refractivity (Wildman–Crippen MR) is 127 cm³/mol. The summed E-state index contributed by atoms with van der Waals surface area (Å²) >= 11 is 5.11. The SMILES string of the molecule is CC[C@@H](c1nnc(SCc2csc(-c3ccsc3)n2)n1Cc1ccccc1)N(C)C. The summed E-state index contributed by atoms with van der Waals surface area (Å²) in [6.45, 7) is 2.97. The molecule has 1 atom stereocenters. The quantitative estimate of drug-likeness (QED) is 0.298. The van der Waals surface area contributed by atoms with Crippen LogP contribution in [0.15, 0.2) is 57.7 Å². The number of hydrogen-bond donors (Lipinski definition) is 0. The van der Waals surface area contributed by atoms with Crippen LogP contribution in [-0.2, 0) is 12.3 Å². The zero-order valence-corrected chi connectivity index (χ0v) is 19.8. The van der Waals surface area contributed by atoms with Crippen molar-refractivity contribution in [2.75, 3.05) is 14.1 Å². The van der Waals surface area contributed by atoms with Crippen LogP contribution in [-0.4, -0.2) is 38.7 Å². The van der Waals surface area contributed by atoms with Crippen LogP contribution in [0.2, 0.25) is 0 Å². The number of benzene rings is 1. The molecule has 0 aliphatic heterocycles. The van der Waals surface area contributed by atoms with Crippen molar-refractivity contribution in [1.29, 1.82) is 0 Å². The maximum Gasteiger partial charge on any atom is 0.191 e. The van der Waals surface area contributed by atoms with Gasteiger partial charge in [-0.1, -0.05) is 49.0 Å². The van der Waals surface area contributed by atoms with Gasteiger partial charge in [0.15, 0.2) is 11.0 Å². The summed E-state index contributed by atoms with van der Waals surface area (Å²) in [6.07, 6.45) is 0.987. The minimum absolute atomic E-state index is 0.236. The first kappa shape index (κ1) is 21.2. The smallest absolute Gasteiger partial charge is 0.191 e. The first-order valence-corrected chi connectivity index (χ1v) is 12.7. The third kappa shape index (κ3) is 4.83. The number of thiophene rings is 1. The van der Waals surface area contributed by atoms with Crippen molar-refractivity contribution in [3.05, 3.63) is 69.6 Å². The second-order valence-corrected chi connectivity index (χ2v) is 9.83. The second kappa shape index (κ2) is 9.87. The normalized spacial score (nSPS) is 12.5. The van der Waals surface area contributed by atoms with Crippen LogP contribution in [0.25, 0.3) is 10.6 Å². The number of aromatic nitrogens is 4. The summed E-state index contributed by atoms with van der Waals surface area (Å²) in [5, 5.41) is 17.6. The molecule has 5 nitrogen and oxygen atoms in total. The summed E-state index contributed by atoms with van der Waals surface area (Å²) in [6, 6.07) is 12.9. The highest BCUT2D eigenvalue weighted by Gasteiger charge is 2.22. The third-order valence-electron chi connectivity index (χ3n) is 4.91. The molecule has 0 N–H and O–H groups in total. The summed E-state index contributed by atoms with van der Waals surface area (Å²) in [5.74, 6) is 1.80. The molecular formula is C22H25N5S3. The Kier molecular flexibility index (Phi) is 6.99. The lowest BCUT2D eigenvalue weighted by molar-refractivity contribution is 0.272. The van der Waals surface area contributed by atoms with E-state index in [-0.39, 0.29) is 6.04 Å². The Morgan fingerprint density at radius 3 is 2.63 bits per heavy atom. The van der Waals surface area contributed by atoms with E-state index in [0.717, 1.165) is 40.4 Å². The number of rotatable bonds is 9. The molecule has 3 heterocycles. The van der Waals surface area contributed by atoms with Gasteiger partial charge in [-0.05, 0) is 37.5 Å². The van der Waals surface area contributed by atoms with Gasteiger partial charge in [0.1, 0.15) is 5.01 Å². The molecule has 0 aliphatic carbocycles. The van der Waals surface area contributed by atoms with Crippen molar-refractivity contribution in [1.82, 2.24) is 24.6 Å². The van der Waals surface area contributed by atoms with E-state index in [4.69, 9.17) is 4.98 Å². The van der Waals surface area contributed by atoms with Gasteiger partial charge < -0.3 is 4.57 Å². The van der Waals surface area contributed by atoms with Gasteiger partial charge in [-0.3, -0.25) is 4.90 Å².